The first-order chi connectivity index (χ1) is 9.55. The molecule has 110 valence electrons. The fourth-order valence-electron chi connectivity index (χ4n) is 2.38. The molecule has 2 aliphatic heterocycles. The third-order valence-corrected chi connectivity index (χ3v) is 4.15. The Kier molecular flexibility index (Phi) is 3.93. The van der Waals surface area contributed by atoms with Crippen LogP contribution in [0.2, 0.25) is 0 Å². The van der Waals surface area contributed by atoms with Gasteiger partial charge in [0.2, 0.25) is 0 Å². The highest BCUT2D eigenvalue weighted by Crippen LogP contribution is 2.42. The van der Waals surface area contributed by atoms with Gasteiger partial charge < -0.3 is 19.5 Å². The number of fused-ring (bicyclic) bond motifs is 1. The van der Waals surface area contributed by atoms with Crippen molar-refractivity contribution in [3.05, 3.63) is 22.2 Å². The molecule has 0 spiro atoms. The summed E-state index contributed by atoms with van der Waals surface area (Å²) in [5.41, 5.74) is 1.13. The quantitative estimate of drug-likeness (QED) is 0.852. The standard InChI is InChI=1S/C15H20BrNO3/c1-15(2)8-19-12-6-10(13-7-17-3-4-18-13)5-11(16)14(12)20-9-15/h5-6,13,17H,3-4,7-9H2,1-2H3. The highest BCUT2D eigenvalue weighted by atomic mass is 79.9. The number of hydrogen-bond acceptors (Lipinski definition) is 4. The molecule has 1 fully saturated rings. The molecule has 2 heterocycles. The monoisotopic (exact) mass is 341 g/mol. The van der Waals surface area contributed by atoms with Crippen LogP contribution < -0.4 is 14.8 Å². The Morgan fingerprint density at radius 3 is 2.80 bits per heavy atom. The molecule has 0 amide bonds. The Balaban J connectivity index is 1.90. The summed E-state index contributed by atoms with van der Waals surface area (Å²) < 4.78 is 18.6. The minimum absolute atomic E-state index is 0.0154. The van der Waals surface area contributed by atoms with Gasteiger partial charge in [-0.05, 0) is 33.6 Å². The number of morpholine rings is 1. The van der Waals surface area contributed by atoms with E-state index in [2.05, 4.69) is 41.2 Å². The SMILES string of the molecule is CC1(C)COc2cc(C3CNCCO3)cc(Br)c2OC1. The predicted molar refractivity (Wildman–Crippen MR) is 80.5 cm³/mol. The van der Waals surface area contributed by atoms with Crippen LogP contribution in [0.3, 0.4) is 0 Å². The molecule has 1 atom stereocenters. The normalized spacial score (nSPS) is 25.1. The van der Waals surface area contributed by atoms with E-state index in [1.54, 1.807) is 0 Å². The van der Waals surface area contributed by atoms with E-state index in [0.717, 1.165) is 41.2 Å². The van der Waals surface area contributed by atoms with Crippen LogP contribution >= 0.6 is 15.9 Å². The maximum absolute atomic E-state index is 5.95. The highest BCUT2D eigenvalue weighted by Gasteiger charge is 2.28. The third-order valence-electron chi connectivity index (χ3n) is 3.56. The van der Waals surface area contributed by atoms with Crippen LogP contribution in [-0.2, 0) is 4.74 Å². The number of halogens is 1. The molecule has 2 aliphatic rings. The molecular weight excluding hydrogens is 322 g/mol. The minimum Gasteiger partial charge on any atom is -0.489 e. The number of rotatable bonds is 1. The Bertz CT molecular complexity index is 498. The first kappa shape index (κ1) is 14.2. The molecule has 1 N–H and O–H groups in total. The van der Waals surface area contributed by atoms with Gasteiger partial charge in [-0.1, -0.05) is 13.8 Å². The van der Waals surface area contributed by atoms with E-state index in [1.807, 2.05) is 6.07 Å². The van der Waals surface area contributed by atoms with Crippen LogP contribution in [0.15, 0.2) is 16.6 Å². The van der Waals surface area contributed by atoms with Crippen molar-refractivity contribution >= 4 is 15.9 Å². The van der Waals surface area contributed by atoms with Crippen molar-refractivity contribution in [1.29, 1.82) is 0 Å². The Labute approximate surface area is 127 Å². The topological polar surface area (TPSA) is 39.7 Å². The summed E-state index contributed by atoms with van der Waals surface area (Å²) in [7, 11) is 0. The average Bonchev–Trinajstić information content (AvgIpc) is 2.59. The zero-order valence-electron chi connectivity index (χ0n) is 11.9. The molecule has 0 bridgehead atoms. The van der Waals surface area contributed by atoms with E-state index in [9.17, 15) is 0 Å². The lowest BCUT2D eigenvalue weighted by Crippen LogP contribution is -2.33. The maximum Gasteiger partial charge on any atom is 0.175 e. The lowest BCUT2D eigenvalue weighted by Gasteiger charge is -2.25. The minimum atomic E-state index is 0.0154. The molecule has 0 aliphatic carbocycles. The van der Waals surface area contributed by atoms with E-state index in [0.29, 0.717) is 13.2 Å². The van der Waals surface area contributed by atoms with Gasteiger partial charge in [0.1, 0.15) is 0 Å². The van der Waals surface area contributed by atoms with Gasteiger partial charge in [-0.15, -0.1) is 0 Å². The van der Waals surface area contributed by atoms with Crippen molar-refractivity contribution in [3.8, 4) is 11.5 Å². The van der Waals surface area contributed by atoms with Gasteiger partial charge in [-0.25, -0.2) is 0 Å². The summed E-state index contributed by atoms with van der Waals surface area (Å²) >= 11 is 3.59. The Morgan fingerprint density at radius 1 is 1.25 bits per heavy atom. The first-order valence-corrected chi connectivity index (χ1v) is 7.76. The van der Waals surface area contributed by atoms with E-state index >= 15 is 0 Å². The molecule has 1 unspecified atom stereocenters. The van der Waals surface area contributed by atoms with Crippen molar-refractivity contribution in [2.24, 2.45) is 5.41 Å². The van der Waals surface area contributed by atoms with Crippen molar-refractivity contribution in [2.75, 3.05) is 32.9 Å². The van der Waals surface area contributed by atoms with E-state index in [4.69, 9.17) is 14.2 Å². The van der Waals surface area contributed by atoms with Crippen molar-refractivity contribution in [1.82, 2.24) is 5.32 Å². The second-order valence-electron chi connectivity index (χ2n) is 6.14. The first-order valence-electron chi connectivity index (χ1n) is 6.96. The third kappa shape index (κ3) is 2.95. The average molecular weight is 342 g/mol. The summed E-state index contributed by atoms with van der Waals surface area (Å²) in [6.45, 7) is 8.07. The molecule has 3 rings (SSSR count). The van der Waals surface area contributed by atoms with Crippen LogP contribution in [-0.4, -0.2) is 32.9 Å². The number of nitrogens with one attached hydrogen (secondary N) is 1. The van der Waals surface area contributed by atoms with Crippen molar-refractivity contribution < 1.29 is 14.2 Å². The van der Waals surface area contributed by atoms with Gasteiger partial charge in [0, 0.05) is 18.5 Å². The van der Waals surface area contributed by atoms with Crippen LogP contribution in [0.25, 0.3) is 0 Å². The zero-order valence-corrected chi connectivity index (χ0v) is 13.5. The second-order valence-corrected chi connectivity index (χ2v) is 6.99. The van der Waals surface area contributed by atoms with E-state index < -0.39 is 0 Å². The Morgan fingerprint density at radius 2 is 2.05 bits per heavy atom. The molecule has 1 saturated heterocycles. The van der Waals surface area contributed by atoms with Gasteiger partial charge >= 0.3 is 0 Å². The maximum atomic E-state index is 5.95. The van der Waals surface area contributed by atoms with Gasteiger partial charge in [0.15, 0.2) is 11.5 Å². The molecule has 0 saturated carbocycles. The second kappa shape index (κ2) is 5.54. The van der Waals surface area contributed by atoms with E-state index in [-0.39, 0.29) is 11.5 Å². The van der Waals surface area contributed by atoms with Crippen molar-refractivity contribution in [2.45, 2.75) is 20.0 Å². The summed E-state index contributed by atoms with van der Waals surface area (Å²) in [4.78, 5) is 0. The number of hydrogen-bond donors (Lipinski definition) is 1. The van der Waals surface area contributed by atoms with Crippen LogP contribution in [0.4, 0.5) is 0 Å². The summed E-state index contributed by atoms with van der Waals surface area (Å²) in [6.07, 6.45) is 0.0743. The summed E-state index contributed by atoms with van der Waals surface area (Å²) in [5.74, 6) is 1.59. The molecule has 1 aromatic carbocycles. The fraction of sp³-hybridized carbons (Fsp3) is 0.600. The highest BCUT2D eigenvalue weighted by molar-refractivity contribution is 9.10. The lowest BCUT2D eigenvalue weighted by atomic mass is 9.97. The predicted octanol–water partition coefficient (Wildman–Crippen LogP) is 2.91. The van der Waals surface area contributed by atoms with Gasteiger partial charge in [-0.3, -0.25) is 0 Å². The molecule has 20 heavy (non-hydrogen) atoms. The smallest absolute Gasteiger partial charge is 0.175 e. The molecule has 5 heteroatoms. The van der Waals surface area contributed by atoms with Crippen LogP contribution in [0.5, 0.6) is 11.5 Å². The zero-order chi connectivity index (χ0) is 14.2. The van der Waals surface area contributed by atoms with Crippen LogP contribution in [0.1, 0.15) is 25.5 Å². The van der Waals surface area contributed by atoms with Crippen LogP contribution in [0, 0.1) is 5.41 Å². The number of ether oxygens (including phenoxy) is 3. The molecular formula is C15H20BrNO3. The molecule has 4 nitrogen and oxygen atoms in total. The van der Waals surface area contributed by atoms with E-state index in [1.165, 1.54) is 0 Å². The molecule has 1 aromatic rings. The molecule has 0 radical (unpaired) electrons. The Hall–Kier alpha value is -0.780. The fourth-order valence-corrected chi connectivity index (χ4v) is 2.96. The lowest BCUT2D eigenvalue weighted by molar-refractivity contribution is 0.0275. The van der Waals surface area contributed by atoms with Gasteiger partial charge in [0.05, 0.1) is 30.4 Å². The largest absolute Gasteiger partial charge is 0.489 e. The number of benzene rings is 1. The summed E-state index contributed by atoms with van der Waals surface area (Å²) in [5, 5.41) is 3.35. The van der Waals surface area contributed by atoms with Gasteiger partial charge in [-0.2, -0.15) is 0 Å². The van der Waals surface area contributed by atoms with Gasteiger partial charge in [0.25, 0.3) is 0 Å². The van der Waals surface area contributed by atoms with Crippen molar-refractivity contribution in [3.63, 3.8) is 0 Å². The summed E-state index contributed by atoms with van der Waals surface area (Å²) in [6, 6.07) is 4.11. The molecule has 0 aromatic heterocycles.